The minimum Gasteiger partial charge on any atom is -0.480 e. The molecule has 0 saturated heterocycles. The molecule has 0 radical (unpaired) electrons. The summed E-state index contributed by atoms with van der Waals surface area (Å²) < 4.78 is 0. The zero-order valence-corrected chi connectivity index (χ0v) is 24.2. The lowest BCUT2D eigenvalue weighted by Gasteiger charge is -2.26. The molecule has 0 aliphatic carbocycles. The first-order valence-corrected chi connectivity index (χ1v) is 13.6. The number of carbonyl (C=O) groups is 7. The smallest absolute Gasteiger partial charge is 0.326 e. The summed E-state index contributed by atoms with van der Waals surface area (Å²) in [5, 5.41) is 40.4. The molecule has 0 rings (SSSR count). The van der Waals surface area contributed by atoms with E-state index in [1.165, 1.54) is 6.92 Å². The topological polar surface area (TPSA) is 240 Å². The molecule has 0 aromatic rings. The van der Waals surface area contributed by atoms with E-state index in [0.29, 0.717) is 25.8 Å². The number of rotatable bonds is 21. The van der Waals surface area contributed by atoms with E-state index in [9.17, 15) is 43.8 Å². The Hall–Kier alpha value is -3.75. The number of carbonyl (C=O) groups excluding carboxylic acids is 4. The molecule has 0 bridgehead atoms. The second-order valence-electron chi connectivity index (χ2n) is 10.8. The van der Waals surface area contributed by atoms with E-state index < -0.39 is 48.0 Å². The van der Waals surface area contributed by atoms with Gasteiger partial charge in [-0.2, -0.15) is 0 Å². The monoisotopic (exact) mass is 587 g/mol. The highest BCUT2D eigenvalue weighted by Crippen LogP contribution is 2.08. The Balaban J connectivity index is 4.25. The first-order valence-electron chi connectivity index (χ1n) is 13.6. The van der Waals surface area contributed by atoms with Gasteiger partial charge in [0.2, 0.25) is 11.8 Å². The van der Waals surface area contributed by atoms with Crippen molar-refractivity contribution in [2.24, 2.45) is 0 Å². The van der Waals surface area contributed by atoms with Crippen LogP contribution in [-0.4, -0.2) is 93.6 Å². The Morgan fingerprint density at radius 2 is 1.05 bits per heavy atom. The zero-order valence-electron chi connectivity index (χ0n) is 24.2. The number of carboxylic acids is 3. The predicted molar refractivity (Wildman–Crippen MR) is 147 cm³/mol. The summed E-state index contributed by atoms with van der Waals surface area (Å²) in [4.78, 5) is 81.1. The van der Waals surface area contributed by atoms with Crippen LogP contribution in [0.15, 0.2) is 0 Å². The van der Waals surface area contributed by atoms with Gasteiger partial charge in [-0.3, -0.25) is 19.7 Å². The van der Waals surface area contributed by atoms with Gasteiger partial charge in [-0.1, -0.05) is 0 Å². The predicted octanol–water partition coefficient (Wildman–Crippen LogP) is 0.366. The maximum Gasteiger partial charge on any atom is 0.326 e. The third-order valence-corrected chi connectivity index (χ3v) is 5.71. The van der Waals surface area contributed by atoms with Gasteiger partial charge in [-0.25, -0.2) is 14.4 Å². The van der Waals surface area contributed by atoms with Crippen LogP contribution in [0, 0.1) is 0 Å². The lowest BCUT2D eigenvalue weighted by molar-refractivity contribution is -0.141. The number of aliphatic carboxylic acids is 3. The number of unbranched alkanes of at least 4 members (excludes halogenated alkanes) is 1. The Morgan fingerprint density at radius 3 is 1.49 bits per heavy atom. The van der Waals surface area contributed by atoms with Crippen LogP contribution in [0.3, 0.4) is 0 Å². The molecule has 0 aromatic carbocycles. The standard InChI is InChI=1S/C26H45N5O10/c1-16(32)10-11-18(23(37)38)30-25(41)29-17(22(35)36)9-7-15-28-21(34)13-12-20(33)27-14-6-5-8-19(24(39)40)31-26(2,3)4/h17-19,31H,5-15H2,1-4H3,(H,27,33)(H,28,34)(H,35,36)(H,37,38)(H,39,40)(H2,29,30,41)/t17-,18-,19+/m0/s1. The van der Waals surface area contributed by atoms with Gasteiger partial charge >= 0.3 is 23.9 Å². The molecule has 15 heteroatoms. The van der Waals surface area contributed by atoms with Gasteiger partial charge in [0.25, 0.3) is 0 Å². The van der Waals surface area contributed by atoms with Crippen LogP contribution >= 0.6 is 0 Å². The number of hydrogen-bond acceptors (Lipinski definition) is 8. The minimum atomic E-state index is -1.36. The molecule has 3 atom stereocenters. The molecule has 0 aromatic heterocycles. The van der Waals surface area contributed by atoms with Gasteiger partial charge < -0.3 is 41.4 Å². The number of nitrogens with one attached hydrogen (secondary N) is 5. The highest BCUT2D eigenvalue weighted by Gasteiger charge is 2.25. The maximum atomic E-state index is 12.1. The van der Waals surface area contributed by atoms with Crippen LogP contribution in [0.2, 0.25) is 0 Å². The van der Waals surface area contributed by atoms with Crippen LogP contribution in [0.1, 0.15) is 85.5 Å². The van der Waals surface area contributed by atoms with Crippen molar-refractivity contribution in [1.29, 1.82) is 0 Å². The highest BCUT2D eigenvalue weighted by molar-refractivity contribution is 5.86. The second kappa shape index (κ2) is 19.3. The van der Waals surface area contributed by atoms with Crippen molar-refractivity contribution in [3.8, 4) is 0 Å². The molecular weight excluding hydrogens is 542 g/mol. The van der Waals surface area contributed by atoms with E-state index in [1.54, 1.807) is 0 Å². The van der Waals surface area contributed by atoms with Crippen molar-refractivity contribution >= 4 is 41.5 Å². The summed E-state index contributed by atoms with van der Waals surface area (Å²) in [5.41, 5.74) is -0.339. The molecule has 234 valence electrons. The van der Waals surface area contributed by atoms with E-state index in [1.807, 2.05) is 20.8 Å². The van der Waals surface area contributed by atoms with E-state index in [4.69, 9.17) is 5.11 Å². The number of amides is 4. The molecular formula is C26H45N5O10. The van der Waals surface area contributed by atoms with Crippen LogP contribution in [0.4, 0.5) is 4.79 Å². The summed E-state index contributed by atoms with van der Waals surface area (Å²) in [6, 6.07) is -4.38. The first-order chi connectivity index (χ1) is 19.0. The van der Waals surface area contributed by atoms with E-state index in [0.717, 1.165) is 0 Å². The number of ketones is 1. The Morgan fingerprint density at radius 1 is 0.610 bits per heavy atom. The maximum absolute atomic E-state index is 12.1. The fourth-order valence-corrected chi connectivity index (χ4v) is 3.64. The summed E-state index contributed by atoms with van der Waals surface area (Å²) in [7, 11) is 0. The molecule has 15 nitrogen and oxygen atoms in total. The normalized spacial score (nSPS) is 13.3. The van der Waals surface area contributed by atoms with Crippen LogP contribution in [0.5, 0.6) is 0 Å². The fourth-order valence-electron chi connectivity index (χ4n) is 3.64. The van der Waals surface area contributed by atoms with Crippen LogP contribution in [0.25, 0.3) is 0 Å². The molecule has 0 aliphatic heterocycles. The molecule has 0 fully saturated rings. The second-order valence-corrected chi connectivity index (χ2v) is 10.8. The van der Waals surface area contributed by atoms with Crippen molar-refractivity contribution < 1.29 is 48.9 Å². The Labute approximate surface area is 239 Å². The van der Waals surface area contributed by atoms with Crippen molar-refractivity contribution in [1.82, 2.24) is 26.6 Å². The Bertz CT molecular complexity index is 919. The summed E-state index contributed by atoms with van der Waals surface area (Å²) in [6.07, 6.45) is 1.39. The zero-order chi connectivity index (χ0) is 31.6. The van der Waals surface area contributed by atoms with Crippen molar-refractivity contribution in [3.05, 3.63) is 0 Å². The molecule has 0 aliphatic rings. The molecule has 0 saturated carbocycles. The molecule has 0 unspecified atom stereocenters. The molecule has 41 heavy (non-hydrogen) atoms. The Kier molecular flexibility index (Phi) is 17.6. The number of hydrogen-bond donors (Lipinski definition) is 8. The summed E-state index contributed by atoms with van der Waals surface area (Å²) >= 11 is 0. The average molecular weight is 588 g/mol. The minimum absolute atomic E-state index is 0.0526. The van der Waals surface area contributed by atoms with Crippen molar-refractivity contribution in [2.75, 3.05) is 13.1 Å². The lowest BCUT2D eigenvalue weighted by Crippen LogP contribution is -2.51. The summed E-state index contributed by atoms with van der Waals surface area (Å²) in [6.45, 7) is 7.37. The number of urea groups is 1. The average Bonchev–Trinajstić information content (AvgIpc) is 2.84. The lowest BCUT2D eigenvalue weighted by atomic mass is 10.0. The quantitative estimate of drug-likeness (QED) is 0.0853. The molecule has 0 spiro atoms. The molecule has 4 amide bonds. The van der Waals surface area contributed by atoms with Crippen LogP contribution in [-0.2, 0) is 28.8 Å². The molecule has 0 heterocycles. The van der Waals surface area contributed by atoms with Crippen molar-refractivity contribution in [3.63, 3.8) is 0 Å². The van der Waals surface area contributed by atoms with Crippen molar-refractivity contribution in [2.45, 2.75) is 109 Å². The van der Waals surface area contributed by atoms with E-state index >= 15 is 0 Å². The van der Waals surface area contributed by atoms with Gasteiger partial charge in [0.1, 0.15) is 23.9 Å². The van der Waals surface area contributed by atoms with E-state index in [2.05, 4.69) is 26.6 Å². The summed E-state index contributed by atoms with van der Waals surface area (Å²) in [5.74, 6) is -4.62. The van der Waals surface area contributed by atoms with Gasteiger partial charge in [0.15, 0.2) is 0 Å². The SMILES string of the molecule is CC(=O)CC[C@H](NC(=O)N[C@@H](CCCNC(=O)CCC(=O)NCCCC[C@@H](NC(C)(C)C)C(=O)O)C(=O)O)C(=O)O. The first kappa shape index (κ1) is 37.2. The number of carboxylic acid groups (broad SMARTS) is 3. The highest BCUT2D eigenvalue weighted by atomic mass is 16.4. The van der Waals surface area contributed by atoms with Gasteiger partial charge in [0, 0.05) is 37.9 Å². The largest absolute Gasteiger partial charge is 0.480 e. The third kappa shape index (κ3) is 19.9. The van der Waals surface area contributed by atoms with Gasteiger partial charge in [0.05, 0.1) is 0 Å². The fraction of sp³-hybridized carbons (Fsp3) is 0.731. The van der Waals surface area contributed by atoms with E-state index in [-0.39, 0.29) is 62.3 Å². The molecule has 8 N–H and O–H groups in total. The third-order valence-electron chi connectivity index (χ3n) is 5.71. The number of Topliss-reactive ketones (excluding diaryl/α,β-unsaturated/α-hetero) is 1. The van der Waals surface area contributed by atoms with Crippen LogP contribution < -0.4 is 26.6 Å². The van der Waals surface area contributed by atoms with Gasteiger partial charge in [-0.15, -0.1) is 0 Å². The van der Waals surface area contributed by atoms with Gasteiger partial charge in [-0.05, 0) is 66.2 Å².